The Bertz CT molecular complexity index is 1040. The Morgan fingerprint density at radius 1 is 1.03 bits per heavy atom. The van der Waals surface area contributed by atoms with Crippen molar-refractivity contribution >= 4 is 23.3 Å². The number of anilines is 2. The Morgan fingerprint density at radius 3 is 2.52 bits per heavy atom. The number of hydrogen-bond acceptors (Lipinski definition) is 5. The quantitative estimate of drug-likeness (QED) is 0.779. The summed E-state index contributed by atoms with van der Waals surface area (Å²) < 4.78 is 0. The molecule has 3 aliphatic rings. The van der Waals surface area contributed by atoms with E-state index in [0.29, 0.717) is 6.54 Å². The maximum Gasteiger partial charge on any atom is 0.227 e. The second-order valence-corrected chi connectivity index (χ2v) is 9.74. The maximum absolute atomic E-state index is 13.0. The van der Waals surface area contributed by atoms with Gasteiger partial charge in [0.25, 0.3) is 0 Å². The van der Waals surface area contributed by atoms with E-state index in [4.69, 9.17) is 4.98 Å². The third kappa shape index (κ3) is 4.59. The van der Waals surface area contributed by atoms with Gasteiger partial charge in [-0.15, -0.1) is 0 Å². The third-order valence-corrected chi connectivity index (χ3v) is 7.26. The number of carbonyl (C=O) groups is 2. The van der Waals surface area contributed by atoms with Crippen LogP contribution in [0.1, 0.15) is 54.7 Å². The first-order valence-electron chi connectivity index (χ1n) is 12.3. The van der Waals surface area contributed by atoms with Gasteiger partial charge >= 0.3 is 0 Å². The van der Waals surface area contributed by atoms with Crippen LogP contribution in [0, 0.1) is 19.8 Å². The molecule has 174 valence electrons. The molecule has 0 bridgehead atoms. The van der Waals surface area contributed by atoms with Gasteiger partial charge in [-0.25, -0.2) is 9.97 Å². The predicted molar refractivity (Wildman–Crippen MR) is 128 cm³/mol. The first kappa shape index (κ1) is 21.9. The number of carbonyl (C=O) groups excluding carboxylic acids is 2. The standard InChI is InChI=1S/C26H33N5O2/c1-17-7-9-21(10-8-17)31-16-19(15-24(31)32)26(33)29-20-11-13-30(14-12-20)25-22-5-3-4-6-23(22)27-18(2)28-25/h7-10,19-20H,3-6,11-16H2,1-2H3,(H,29,33)/t19-/m0/s1. The summed E-state index contributed by atoms with van der Waals surface area (Å²) >= 11 is 0. The van der Waals surface area contributed by atoms with Crippen LogP contribution < -0.4 is 15.1 Å². The van der Waals surface area contributed by atoms with E-state index >= 15 is 0 Å². The lowest BCUT2D eigenvalue weighted by Crippen LogP contribution is -2.47. The summed E-state index contributed by atoms with van der Waals surface area (Å²) in [5.74, 6) is 1.71. The first-order valence-corrected chi connectivity index (χ1v) is 12.3. The van der Waals surface area contributed by atoms with E-state index in [1.807, 2.05) is 38.1 Å². The molecule has 2 aliphatic heterocycles. The largest absolute Gasteiger partial charge is 0.356 e. The van der Waals surface area contributed by atoms with Crippen molar-refractivity contribution < 1.29 is 9.59 Å². The molecule has 33 heavy (non-hydrogen) atoms. The molecule has 0 saturated carbocycles. The number of benzene rings is 1. The summed E-state index contributed by atoms with van der Waals surface area (Å²) in [5, 5.41) is 3.23. The van der Waals surface area contributed by atoms with Gasteiger partial charge in [0.05, 0.1) is 5.92 Å². The molecule has 1 atom stereocenters. The average molecular weight is 448 g/mol. The number of aryl methyl sites for hydroxylation is 3. The molecule has 5 rings (SSSR count). The number of fused-ring (bicyclic) bond motifs is 1. The molecule has 0 radical (unpaired) electrons. The van der Waals surface area contributed by atoms with Gasteiger partial charge in [0.2, 0.25) is 11.8 Å². The zero-order valence-corrected chi connectivity index (χ0v) is 19.6. The lowest BCUT2D eigenvalue weighted by atomic mass is 9.95. The molecule has 1 N–H and O–H groups in total. The van der Waals surface area contributed by atoms with Gasteiger partial charge in [-0.2, -0.15) is 0 Å². The molecule has 7 heteroatoms. The zero-order valence-electron chi connectivity index (χ0n) is 19.6. The molecule has 2 saturated heterocycles. The third-order valence-electron chi connectivity index (χ3n) is 7.26. The Hall–Kier alpha value is -2.96. The number of aromatic nitrogens is 2. The van der Waals surface area contributed by atoms with Gasteiger partial charge in [-0.3, -0.25) is 9.59 Å². The van der Waals surface area contributed by atoms with Crippen LogP contribution in [0.3, 0.4) is 0 Å². The van der Waals surface area contributed by atoms with E-state index in [-0.39, 0.29) is 30.2 Å². The lowest BCUT2D eigenvalue weighted by molar-refractivity contribution is -0.127. The van der Waals surface area contributed by atoms with Gasteiger partial charge < -0.3 is 15.1 Å². The Morgan fingerprint density at radius 2 is 1.76 bits per heavy atom. The van der Waals surface area contributed by atoms with Gasteiger partial charge in [0.1, 0.15) is 11.6 Å². The van der Waals surface area contributed by atoms with Crippen LogP contribution in [-0.2, 0) is 22.4 Å². The average Bonchev–Trinajstić information content (AvgIpc) is 3.21. The van der Waals surface area contributed by atoms with E-state index in [9.17, 15) is 9.59 Å². The molecular weight excluding hydrogens is 414 g/mol. The normalized spacial score (nSPS) is 21.3. The Labute approximate surface area is 195 Å². The summed E-state index contributed by atoms with van der Waals surface area (Å²) in [6.07, 6.45) is 6.61. The SMILES string of the molecule is Cc1ccc(N2C[C@@H](C(=O)NC3CCN(c4nc(C)nc5c4CCCC5)CC3)CC2=O)cc1. The minimum atomic E-state index is -0.284. The second kappa shape index (κ2) is 9.12. The van der Waals surface area contributed by atoms with Crippen LogP contribution in [-0.4, -0.2) is 47.5 Å². The van der Waals surface area contributed by atoms with E-state index in [1.54, 1.807) is 4.90 Å². The van der Waals surface area contributed by atoms with Crippen LogP contribution in [0.4, 0.5) is 11.5 Å². The fourth-order valence-corrected chi connectivity index (χ4v) is 5.37. The fourth-order valence-electron chi connectivity index (χ4n) is 5.37. The Kier molecular flexibility index (Phi) is 6.04. The molecule has 1 aliphatic carbocycles. The predicted octanol–water partition coefficient (Wildman–Crippen LogP) is 3.11. The minimum absolute atomic E-state index is 0.00618. The lowest BCUT2D eigenvalue weighted by Gasteiger charge is -2.35. The fraction of sp³-hybridized carbons (Fsp3) is 0.538. The van der Waals surface area contributed by atoms with Crippen LogP contribution in [0.25, 0.3) is 0 Å². The monoisotopic (exact) mass is 447 g/mol. The van der Waals surface area contributed by atoms with Crippen LogP contribution >= 0.6 is 0 Å². The van der Waals surface area contributed by atoms with Crippen LogP contribution in [0.2, 0.25) is 0 Å². The van der Waals surface area contributed by atoms with Gasteiger partial charge in [-0.05, 0) is 64.5 Å². The maximum atomic E-state index is 13.0. The molecule has 2 aromatic rings. The number of nitrogens with zero attached hydrogens (tertiary/aromatic N) is 4. The number of hydrogen-bond donors (Lipinski definition) is 1. The van der Waals surface area contributed by atoms with Crippen molar-refractivity contribution in [1.82, 2.24) is 15.3 Å². The molecule has 7 nitrogen and oxygen atoms in total. The summed E-state index contributed by atoms with van der Waals surface area (Å²) in [5.41, 5.74) is 4.58. The number of piperidine rings is 1. The Balaban J connectivity index is 1.17. The number of nitrogens with one attached hydrogen (secondary N) is 1. The summed E-state index contributed by atoms with van der Waals surface area (Å²) in [7, 11) is 0. The molecule has 3 heterocycles. The first-order chi connectivity index (χ1) is 16.0. The van der Waals surface area contributed by atoms with Crippen molar-refractivity contribution in [3.05, 3.63) is 46.9 Å². The molecular formula is C26H33N5O2. The molecule has 1 aromatic heterocycles. The minimum Gasteiger partial charge on any atom is -0.356 e. The van der Waals surface area contributed by atoms with Crippen LogP contribution in [0.5, 0.6) is 0 Å². The van der Waals surface area contributed by atoms with Crippen molar-refractivity contribution in [2.24, 2.45) is 5.92 Å². The van der Waals surface area contributed by atoms with Gasteiger partial charge in [0.15, 0.2) is 0 Å². The highest BCUT2D eigenvalue weighted by Gasteiger charge is 2.36. The molecule has 2 amide bonds. The molecule has 0 unspecified atom stereocenters. The molecule has 1 aromatic carbocycles. The van der Waals surface area contributed by atoms with Crippen molar-refractivity contribution in [3.63, 3.8) is 0 Å². The summed E-state index contributed by atoms with van der Waals surface area (Å²) in [6, 6.07) is 8.06. The van der Waals surface area contributed by atoms with Crippen molar-refractivity contribution in [2.75, 3.05) is 29.4 Å². The van der Waals surface area contributed by atoms with E-state index in [2.05, 4.69) is 15.2 Å². The number of amides is 2. The highest BCUT2D eigenvalue weighted by Crippen LogP contribution is 2.30. The summed E-state index contributed by atoms with van der Waals surface area (Å²) in [6.45, 7) is 6.23. The second-order valence-electron chi connectivity index (χ2n) is 9.74. The molecule has 0 spiro atoms. The van der Waals surface area contributed by atoms with Gasteiger partial charge in [-0.1, -0.05) is 17.7 Å². The summed E-state index contributed by atoms with van der Waals surface area (Å²) in [4.78, 5) is 39.1. The highest BCUT2D eigenvalue weighted by atomic mass is 16.2. The van der Waals surface area contributed by atoms with Gasteiger partial charge in [0, 0.05) is 49.0 Å². The smallest absolute Gasteiger partial charge is 0.227 e. The van der Waals surface area contributed by atoms with E-state index in [1.165, 1.54) is 24.1 Å². The zero-order chi connectivity index (χ0) is 22.9. The molecule has 2 fully saturated rings. The van der Waals surface area contributed by atoms with Crippen molar-refractivity contribution in [3.8, 4) is 0 Å². The van der Waals surface area contributed by atoms with Crippen molar-refractivity contribution in [1.29, 1.82) is 0 Å². The van der Waals surface area contributed by atoms with Crippen LogP contribution in [0.15, 0.2) is 24.3 Å². The van der Waals surface area contributed by atoms with Crippen molar-refractivity contribution in [2.45, 2.75) is 64.8 Å². The highest BCUT2D eigenvalue weighted by molar-refractivity contribution is 6.00. The van der Waals surface area contributed by atoms with E-state index in [0.717, 1.165) is 61.7 Å². The van der Waals surface area contributed by atoms with E-state index < -0.39 is 0 Å². The topological polar surface area (TPSA) is 78.4 Å². The number of rotatable bonds is 4.